The zero-order chi connectivity index (χ0) is 8.93. The summed E-state index contributed by atoms with van der Waals surface area (Å²) < 4.78 is 1.53. The van der Waals surface area contributed by atoms with Crippen molar-refractivity contribution >= 4 is 6.21 Å². The molecular formula is C8H7N5. The molecule has 0 radical (unpaired) electrons. The molecular weight excluding hydrogens is 166 g/mol. The van der Waals surface area contributed by atoms with Crippen molar-refractivity contribution in [1.82, 2.24) is 19.9 Å². The van der Waals surface area contributed by atoms with Crippen molar-refractivity contribution in [1.29, 1.82) is 0 Å². The molecule has 0 aliphatic rings. The highest BCUT2D eigenvalue weighted by Gasteiger charge is 1.85. The molecule has 13 heavy (non-hydrogen) atoms. The predicted octanol–water partition coefficient (Wildman–Crippen LogP) is 0.555. The van der Waals surface area contributed by atoms with Gasteiger partial charge >= 0.3 is 0 Å². The topological polar surface area (TPSA) is 56.0 Å². The van der Waals surface area contributed by atoms with Gasteiger partial charge in [-0.25, -0.2) is 4.68 Å². The second kappa shape index (κ2) is 3.57. The normalized spacial score (nSPS) is 10.8. The van der Waals surface area contributed by atoms with Crippen LogP contribution in [0.1, 0.15) is 5.56 Å². The van der Waals surface area contributed by atoms with E-state index in [2.05, 4.69) is 20.3 Å². The third kappa shape index (κ3) is 1.96. The summed E-state index contributed by atoms with van der Waals surface area (Å²) in [6, 6.07) is 3.74. The largest absolute Gasteiger partial charge is 0.265 e. The number of rotatable bonds is 2. The molecule has 0 saturated heterocycles. The zero-order valence-electron chi connectivity index (χ0n) is 6.78. The molecule has 64 valence electrons. The van der Waals surface area contributed by atoms with E-state index in [1.54, 1.807) is 18.6 Å². The van der Waals surface area contributed by atoms with E-state index < -0.39 is 0 Å². The van der Waals surface area contributed by atoms with Gasteiger partial charge in [-0.3, -0.25) is 4.98 Å². The van der Waals surface area contributed by atoms with Gasteiger partial charge in [0.2, 0.25) is 0 Å². The van der Waals surface area contributed by atoms with Crippen LogP contribution in [0.15, 0.2) is 42.3 Å². The van der Waals surface area contributed by atoms with Crippen molar-refractivity contribution < 1.29 is 0 Å². The van der Waals surface area contributed by atoms with E-state index >= 15 is 0 Å². The highest BCUT2D eigenvalue weighted by Crippen LogP contribution is 1.91. The minimum absolute atomic E-state index is 0.990. The van der Waals surface area contributed by atoms with Crippen LogP contribution in [0, 0.1) is 0 Å². The van der Waals surface area contributed by atoms with Crippen LogP contribution in [0.2, 0.25) is 0 Å². The fourth-order valence-corrected chi connectivity index (χ4v) is 0.838. The highest BCUT2D eigenvalue weighted by atomic mass is 15.4. The number of aromatic nitrogens is 4. The van der Waals surface area contributed by atoms with Gasteiger partial charge in [-0.15, -0.1) is 10.2 Å². The van der Waals surface area contributed by atoms with E-state index in [4.69, 9.17) is 0 Å². The summed E-state index contributed by atoms with van der Waals surface area (Å²) in [4.78, 5) is 3.90. The van der Waals surface area contributed by atoms with Gasteiger partial charge in [0.05, 0.1) is 6.21 Å². The van der Waals surface area contributed by atoms with Crippen molar-refractivity contribution in [3.8, 4) is 0 Å². The van der Waals surface area contributed by atoms with Crippen LogP contribution in [0.4, 0.5) is 0 Å². The third-order valence-electron chi connectivity index (χ3n) is 1.45. The molecule has 2 aromatic rings. The maximum atomic E-state index is 4.08. The van der Waals surface area contributed by atoms with Gasteiger partial charge in [0, 0.05) is 12.4 Å². The Labute approximate surface area is 74.8 Å². The van der Waals surface area contributed by atoms with E-state index in [0.717, 1.165) is 5.56 Å². The molecule has 2 aromatic heterocycles. The van der Waals surface area contributed by atoms with Gasteiger partial charge in [0.1, 0.15) is 12.7 Å². The van der Waals surface area contributed by atoms with Gasteiger partial charge in [-0.1, -0.05) is 0 Å². The van der Waals surface area contributed by atoms with E-state index in [1.807, 2.05) is 12.1 Å². The summed E-state index contributed by atoms with van der Waals surface area (Å²) >= 11 is 0. The number of pyridine rings is 1. The van der Waals surface area contributed by atoms with Crippen LogP contribution >= 0.6 is 0 Å². The monoisotopic (exact) mass is 173 g/mol. The van der Waals surface area contributed by atoms with Crippen molar-refractivity contribution in [2.24, 2.45) is 5.10 Å². The van der Waals surface area contributed by atoms with Crippen molar-refractivity contribution in [3.63, 3.8) is 0 Å². The second-order valence-electron chi connectivity index (χ2n) is 2.37. The molecule has 2 rings (SSSR count). The molecule has 0 amide bonds. The van der Waals surface area contributed by atoms with E-state index in [-0.39, 0.29) is 0 Å². The van der Waals surface area contributed by atoms with Crippen molar-refractivity contribution in [2.75, 3.05) is 0 Å². The minimum atomic E-state index is 0.990. The molecule has 2 heterocycles. The molecule has 0 fully saturated rings. The first kappa shape index (κ1) is 7.60. The van der Waals surface area contributed by atoms with Gasteiger partial charge in [0.25, 0.3) is 0 Å². The Bertz CT molecular complexity index is 378. The van der Waals surface area contributed by atoms with Crippen molar-refractivity contribution in [3.05, 3.63) is 42.7 Å². The zero-order valence-corrected chi connectivity index (χ0v) is 6.78. The van der Waals surface area contributed by atoms with Crippen LogP contribution in [0.3, 0.4) is 0 Å². The second-order valence-corrected chi connectivity index (χ2v) is 2.37. The van der Waals surface area contributed by atoms with Crippen molar-refractivity contribution in [2.45, 2.75) is 0 Å². The molecule has 0 N–H and O–H groups in total. The summed E-state index contributed by atoms with van der Waals surface area (Å²) in [5, 5.41) is 11.3. The molecule has 0 aromatic carbocycles. The molecule has 0 aliphatic heterocycles. The Kier molecular flexibility index (Phi) is 2.09. The van der Waals surface area contributed by atoms with E-state index in [0.29, 0.717) is 0 Å². The molecule has 5 nitrogen and oxygen atoms in total. The Hall–Kier alpha value is -2.04. The van der Waals surface area contributed by atoms with Gasteiger partial charge in [-0.2, -0.15) is 5.10 Å². The lowest BCUT2D eigenvalue weighted by Gasteiger charge is -1.90. The number of nitrogens with zero attached hydrogens (tertiary/aromatic N) is 5. The lowest BCUT2D eigenvalue weighted by Crippen LogP contribution is -1.86. The first-order chi connectivity index (χ1) is 6.45. The van der Waals surface area contributed by atoms with Gasteiger partial charge in [0.15, 0.2) is 0 Å². The lowest BCUT2D eigenvalue weighted by atomic mass is 10.3. The first-order valence-electron chi connectivity index (χ1n) is 3.74. The average molecular weight is 173 g/mol. The maximum Gasteiger partial charge on any atom is 0.141 e. The molecule has 0 unspecified atom stereocenters. The standard InChI is InChI=1S/C8H7N5/c1-3-9-4-2-8(1)5-12-13-6-10-11-7-13/h1-7H. The van der Waals surface area contributed by atoms with Gasteiger partial charge < -0.3 is 0 Å². The molecule has 0 bridgehead atoms. The summed E-state index contributed by atoms with van der Waals surface area (Å²) in [7, 11) is 0. The Morgan fingerprint density at radius 1 is 1.15 bits per heavy atom. The smallest absolute Gasteiger partial charge is 0.141 e. The number of hydrogen-bond acceptors (Lipinski definition) is 4. The Morgan fingerprint density at radius 3 is 2.54 bits per heavy atom. The molecule has 0 spiro atoms. The average Bonchev–Trinajstić information content (AvgIpc) is 2.69. The number of hydrogen-bond donors (Lipinski definition) is 0. The molecule has 0 saturated carbocycles. The van der Waals surface area contributed by atoms with Crippen LogP contribution in [0.5, 0.6) is 0 Å². The lowest BCUT2D eigenvalue weighted by molar-refractivity contribution is 0.878. The third-order valence-corrected chi connectivity index (χ3v) is 1.45. The van der Waals surface area contributed by atoms with E-state index in [9.17, 15) is 0 Å². The summed E-state index contributed by atoms with van der Waals surface area (Å²) in [6.45, 7) is 0. The Balaban J connectivity index is 2.15. The fourth-order valence-electron chi connectivity index (χ4n) is 0.838. The summed E-state index contributed by atoms with van der Waals surface area (Å²) in [6.07, 6.45) is 8.20. The quantitative estimate of drug-likeness (QED) is 0.623. The summed E-state index contributed by atoms with van der Waals surface area (Å²) in [5.41, 5.74) is 0.990. The first-order valence-corrected chi connectivity index (χ1v) is 3.74. The molecule has 5 heteroatoms. The summed E-state index contributed by atoms with van der Waals surface area (Å²) in [5.74, 6) is 0. The fraction of sp³-hybridized carbons (Fsp3) is 0. The minimum Gasteiger partial charge on any atom is -0.265 e. The maximum absolute atomic E-state index is 4.08. The van der Waals surface area contributed by atoms with Crippen LogP contribution < -0.4 is 0 Å². The SMILES string of the molecule is C(=Nn1cnnc1)c1ccncc1. The predicted molar refractivity (Wildman–Crippen MR) is 47.3 cm³/mol. The van der Waals surface area contributed by atoms with Gasteiger partial charge in [-0.05, 0) is 17.7 Å². The molecule has 0 aliphatic carbocycles. The van der Waals surface area contributed by atoms with Crippen LogP contribution in [0.25, 0.3) is 0 Å². The Morgan fingerprint density at radius 2 is 1.85 bits per heavy atom. The van der Waals surface area contributed by atoms with Crippen LogP contribution in [-0.2, 0) is 0 Å². The van der Waals surface area contributed by atoms with Crippen LogP contribution in [-0.4, -0.2) is 26.1 Å². The van der Waals surface area contributed by atoms with E-state index in [1.165, 1.54) is 17.3 Å². The molecule has 0 atom stereocenters. The highest BCUT2D eigenvalue weighted by molar-refractivity contribution is 5.78.